The number of carboxylic acids is 1. The lowest BCUT2D eigenvalue weighted by Gasteiger charge is -1.80. The summed E-state index contributed by atoms with van der Waals surface area (Å²) in [6.45, 7) is 2.56. The Bertz CT molecular complexity index is 119. The molecule has 6 N–H and O–H groups in total. The third-order valence-electron chi connectivity index (χ3n) is 0.352. The maximum atomic E-state index is 9.70. The van der Waals surface area contributed by atoms with Gasteiger partial charge in [-0.25, -0.2) is 0 Å². The van der Waals surface area contributed by atoms with Gasteiger partial charge >= 0.3 is 0 Å². The molecular weight excluding hydrogens is 244 g/mol. The van der Waals surface area contributed by atoms with Crippen LogP contribution in [-0.4, -0.2) is 69.7 Å². The van der Waals surface area contributed by atoms with Crippen molar-refractivity contribution in [1.29, 1.82) is 0 Å². The van der Waals surface area contributed by atoms with Crippen LogP contribution in [0.25, 0.3) is 0 Å². The number of nitrogens with two attached hydrogens (primary N) is 1. The molecule has 0 saturated carbocycles. The first-order chi connectivity index (χ1) is 8.42. The zero-order valence-corrected chi connectivity index (χ0v) is 12.6. The minimum Gasteiger partial charge on any atom is -0.481 e. The molecule has 0 radical (unpaired) electrons. The number of ether oxygens (including phenoxy) is 1. The Morgan fingerprint density at radius 2 is 1.06 bits per heavy atom. The predicted octanol–water partition coefficient (Wildman–Crippen LogP) is -1.10. The first-order valence-corrected chi connectivity index (χ1v) is 4.67. The van der Waals surface area contributed by atoms with Crippen LogP contribution in [0.5, 0.6) is 0 Å². The summed E-state index contributed by atoms with van der Waals surface area (Å²) in [6, 6.07) is 0. The average Bonchev–Trinajstić information content (AvgIpc) is 2.37. The van der Waals surface area contributed by atoms with E-state index in [-0.39, 0.29) is 5.91 Å². The van der Waals surface area contributed by atoms with Crippen LogP contribution in [0.1, 0.15) is 13.8 Å². The van der Waals surface area contributed by atoms with Crippen molar-refractivity contribution >= 4 is 11.9 Å². The number of aliphatic carboxylic acids is 1. The highest BCUT2D eigenvalue weighted by atomic mass is 16.4. The molecule has 0 aromatic heterocycles. The van der Waals surface area contributed by atoms with Crippen LogP contribution in [0.15, 0.2) is 0 Å². The zero-order chi connectivity index (χ0) is 16.6. The van der Waals surface area contributed by atoms with Gasteiger partial charge in [-0.05, 0) is 7.05 Å². The van der Waals surface area contributed by atoms with E-state index >= 15 is 0 Å². The van der Waals surface area contributed by atoms with Gasteiger partial charge in [-0.2, -0.15) is 0 Å². The van der Waals surface area contributed by atoms with Crippen molar-refractivity contribution in [1.82, 2.24) is 5.32 Å². The number of aliphatic hydroxyl groups is 2. The summed E-state index contributed by atoms with van der Waals surface area (Å²) in [5.74, 6) is -0.829. The van der Waals surface area contributed by atoms with E-state index in [4.69, 9.17) is 20.1 Å². The summed E-state index contributed by atoms with van der Waals surface area (Å²) in [7, 11) is 8.35. The second-order valence-corrected chi connectivity index (χ2v) is 1.73. The van der Waals surface area contributed by atoms with Gasteiger partial charge < -0.3 is 31.1 Å². The lowest BCUT2D eigenvalue weighted by molar-refractivity contribution is -0.134. The molecule has 18 heavy (non-hydrogen) atoms. The number of amides is 1. The molecule has 8 nitrogen and oxygen atoms in total. The Morgan fingerprint density at radius 1 is 1.00 bits per heavy atom. The minimum absolute atomic E-state index is 0.00463. The Hall–Kier alpha value is -1.22. The number of hydrogen-bond donors (Lipinski definition) is 5. The normalized spacial score (nSPS) is 5.28. The number of carbonyl (C=O) groups excluding carboxylic acids is 1. The molecule has 0 aromatic rings. The largest absolute Gasteiger partial charge is 0.481 e. The number of nitrogens with one attached hydrogen (secondary N) is 1. The summed E-state index contributed by atoms with van der Waals surface area (Å²) in [4.78, 5) is 18.7. The van der Waals surface area contributed by atoms with Crippen LogP contribution in [0.4, 0.5) is 0 Å². The highest BCUT2D eigenvalue weighted by Crippen LogP contribution is 1.45. The molecule has 116 valence electrons. The van der Waals surface area contributed by atoms with Crippen LogP contribution in [-0.2, 0) is 14.3 Å². The summed E-state index contributed by atoms with van der Waals surface area (Å²) in [6.07, 6.45) is 0. The van der Waals surface area contributed by atoms with E-state index in [1.54, 1.807) is 21.3 Å². The number of hydrogen-bond acceptors (Lipinski definition) is 6. The van der Waals surface area contributed by atoms with Gasteiger partial charge in [0.05, 0.1) is 0 Å². The number of carboxylic acid groups (broad SMARTS) is 1. The highest BCUT2D eigenvalue weighted by Gasteiger charge is 1.72. The van der Waals surface area contributed by atoms with E-state index in [2.05, 4.69) is 15.8 Å². The Balaban J connectivity index is -0.0000000253. The molecule has 0 heterocycles. The summed E-state index contributed by atoms with van der Waals surface area (Å²) in [5, 5.41) is 23.8. The number of methoxy groups -OCH3 is 1. The molecule has 0 aliphatic carbocycles. The van der Waals surface area contributed by atoms with Crippen molar-refractivity contribution in [3.8, 4) is 0 Å². The summed E-state index contributed by atoms with van der Waals surface area (Å²) in [5.41, 5.74) is 4.50. The third kappa shape index (κ3) is 4610. The van der Waals surface area contributed by atoms with E-state index in [0.717, 1.165) is 21.1 Å². The number of carbonyl (C=O) groups is 2. The van der Waals surface area contributed by atoms with Crippen molar-refractivity contribution in [2.45, 2.75) is 13.8 Å². The molecule has 1 amide bonds. The smallest absolute Gasteiger partial charge is 0.300 e. The van der Waals surface area contributed by atoms with Crippen molar-refractivity contribution < 1.29 is 29.6 Å². The zero-order valence-electron chi connectivity index (χ0n) is 12.6. The topological polar surface area (TPSA) is 142 Å². The summed E-state index contributed by atoms with van der Waals surface area (Å²) >= 11 is 0. The maximum Gasteiger partial charge on any atom is 0.300 e. The lowest BCUT2D eigenvalue weighted by Crippen LogP contribution is -2.11. The van der Waals surface area contributed by atoms with Gasteiger partial charge in [-0.15, -0.1) is 0 Å². The van der Waals surface area contributed by atoms with Gasteiger partial charge in [0.15, 0.2) is 0 Å². The molecule has 0 atom stereocenters. The Labute approximate surface area is 110 Å². The molecule has 0 unspecified atom stereocenters. The average molecular weight is 274 g/mol. The standard InChI is InChI=1S/C3H7NO.C2H4O2.C2H6O.CH5N.2CH4O/c1-3(5)4-2;1-2(3)4;1-3-2;3*1-2/h1-2H3,(H,4,5);1H3,(H,3,4);1-2H3;2H2,1H3;2*2H,1H3. The van der Waals surface area contributed by atoms with Gasteiger partial charge in [0.2, 0.25) is 5.91 Å². The fourth-order valence-electron chi connectivity index (χ4n) is 0. The van der Waals surface area contributed by atoms with E-state index in [1.165, 1.54) is 14.0 Å². The van der Waals surface area contributed by atoms with Crippen LogP contribution < -0.4 is 11.1 Å². The van der Waals surface area contributed by atoms with E-state index < -0.39 is 5.97 Å². The molecule has 0 aliphatic heterocycles. The monoisotopic (exact) mass is 274 g/mol. The van der Waals surface area contributed by atoms with Crippen LogP contribution in [0.3, 0.4) is 0 Å². The minimum atomic E-state index is -0.833. The van der Waals surface area contributed by atoms with E-state index in [9.17, 15) is 4.79 Å². The van der Waals surface area contributed by atoms with Crippen LogP contribution in [0, 0.1) is 0 Å². The second kappa shape index (κ2) is 75.0. The van der Waals surface area contributed by atoms with Crippen LogP contribution >= 0.6 is 0 Å². The molecule has 0 bridgehead atoms. The van der Waals surface area contributed by atoms with E-state index in [0.29, 0.717) is 0 Å². The molecule has 0 spiro atoms. The third-order valence-corrected chi connectivity index (χ3v) is 0.352. The molecule has 8 heteroatoms. The SMILES string of the molecule is CC(=O)O.CN.CNC(C)=O.CO.CO.COC. The number of rotatable bonds is 0. The molecule has 0 aliphatic rings. The molecule has 0 saturated heterocycles. The van der Waals surface area contributed by atoms with Crippen LogP contribution in [0.2, 0.25) is 0 Å². The molecule has 0 fully saturated rings. The van der Waals surface area contributed by atoms with Crippen molar-refractivity contribution in [3.05, 3.63) is 0 Å². The fraction of sp³-hybridized carbons (Fsp3) is 0.800. The lowest BCUT2D eigenvalue weighted by atomic mass is 10.7. The van der Waals surface area contributed by atoms with E-state index in [1.807, 2.05) is 0 Å². The second-order valence-electron chi connectivity index (χ2n) is 1.73. The fourth-order valence-corrected chi connectivity index (χ4v) is 0. The van der Waals surface area contributed by atoms with Gasteiger partial charge in [0.1, 0.15) is 0 Å². The van der Waals surface area contributed by atoms with Gasteiger partial charge in [0, 0.05) is 49.3 Å². The van der Waals surface area contributed by atoms with Crippen molar-refractivity contribution in [2.75, 3.05) is 42.5 Å². The molecular formula is C10H30N2O6. The van der Waals surface area contributed by atoms with Gasteiger partial charge in [0.25, 0.3) is 5.97 Å². The Kier molecular flexibility index (Phi) is 150. The predicted molar refractivity (Wildman–Crippen MR) is 72.4 cm³/mol. The maximum absolute atomic E-state index is 9.70. The first-order valence-electron chi connectivity index (χ1n) is 4.67. The van der Waals surface area contributed by atoms with Gasteiger partial charge in [-0.1, -0.05) is 0 Å². The van der Waals surface area contributed by atoms with Crippen molar-refractivity contribution in [2.24, 2.45) is 5.73 Å². The quantitative estimate of drug-likeness (QED) is 0.377. The highest BCUT2D eigenvalue weighted by molar-refractivity contribution is 5.72. The summed E-state index contributed by atoms with van der Waals surface area (Å²) < 4.78 is 4.25. The molecule has 0 rings (SSSR count). The Morgan fingerprint density at radius 3 is 1.06 bits per heavy atom. The molecule has 0 aromatic carbocycles. The number of aliphatic hydroxyl groups excluding tert-OH is 2. The van der Waals surface area contributed by atoms with Gasteiger partial charge in [-0.3, -0.25) is 9.59 Å². The first kappa shape index (κ1) is 36.0. The van der Waals surface area contributed by atoms with Crippen molar-refractivity contribution in [3.63, 3.8) is 0 Å².